The fourth-order valence-corrected chi connectivity index (χ4v) is 3.33. The van der Waals surface area contributed by atoms with Crippen molar-refractivity contribution in [1.82, 2.24) is 4.98 Å². The summed E-state index contributed by atoms with van der Waals surface area (Å²) in [7, 11) is 3.83. The monoisotopic (exact) mass is 346 g/mol. The summed E-state index contributed by atoms with van der Waals surface area (Å²) in [4.78, 5) is 6.87. The lowest BCUT2D eigenvalue weighted by molar-refractivity contribution is 0.407. The van der Waals surface area contributed by atoms with Gasteiger partial charge in [-0.05, 0) is 49.6 Å². The number of nitrogens with zero attached hydrogens (tertiary/aromatic N) is 2. The van der Waals surface area contributed by atoms with Gasteiger partial charge in [-0.25, -0.2) is 0 Å². The van der Waals surface area contributed by atoms with Crippen molar-refractivity contribution in [2.45, 2.75) is 27.3 Å². The number of hydrogen-bond acceptors (Lipinski definition) is 3. The number of aromatic nitrogens is 1. The van der Waals surface area contributed by atoms with Gasteiger partial charge in [0.05, 0.1) is 19.3 Å². The number of anilines is 1. The van der Waals surface area contributed by atoms with Gasteiger partial charge in [-0.1, -0.05) is 36.4 Å². The van der Waals surface area contributed by atoms with Crippen molar-refractivity contribution in [1.29, 1.82) is 0 Å². The third-order valence-electron chi connectivity index (χ3n) is 4.75. The lowest BCUT2D eigenvalue weighted by Gasteiger charge is -2.22. The zero-order valence-electron chi connectivity index (χ0n) is 16.2. The van der Waals surface area contributed by atoms with Crippen LogP contribution in [0.1, 0.15) is 22.4 Å². The second-order valence-corrected chi connectivity index (χ2v) is 6.83. The van der Waals surface area contributed by atoms with E-state index in [1.165, 1.54) is 22.4 Å². The van der Waals surface area contributed by atoms with Crippen molar-refractivity contribution in [2.24, 2.45) is 0 Å². The maximum absolute atomic E-state index is 5.54. The number of rotatable bonds is 5. The van der Waals surface area contributed by atoms with Crippen LogP contribution in [-0.4, -0.2) is 19.1 Å². The van der Waals surface area contributed by atoms with E-state index in [9.17, 15) is 0 Å². The van der Waals surface area contributed by atoms with E-state index >= 15 is 0 Å². The van der Waals surface area contributed by atoms with Crippen LogP contribution in [0.15, 0.2) is 54.7 Å². The van der Waals surface area contributed by atoms with E-state index in [0.717, 1.165) is 29.1 Å². The van der Waals surface area contributed by atoms with Crippen LogP contribution in [0.4, 0.5) is 5.69 Å². The predicted molar refractivity (Wildman–Crippen MR) is 109 cm³/mol. The van der Waals surface area contributed by atoms with E-state index in [2.05, 4.69) is 73.2 Å². The van der Waals surface area contributed by atoms with Gasteiger partial charge in [0.25, 0.3) is 0 Å². The van der Waals surface area contributed by atoms with Gasteiger partial charge < -0.3 is 9.64 Å². The molecule has 3 heteroatoms. The smallest absolute Gasteiger partial charge is 0.128 e. The van der Waals surface area contributed by atoms with E-state index in [1.54, 1.807) is 7.11 Å². The molecule has 0 amide bonds. The summed E-state index contributed by atoms with van der Waals surface area (Å²) in [5.41, 5.74) is 8.12. The lowest BCUT2D eigenvalue weighted by Crippen LogP contribution is -2.18. The van der Waals surface area contributed by atoms with Gasteiger partial charge in [0.1, 0.15) is 5.75 Å². The first-order valence-corrected chi connectivity index (χ1v) is 8.87. The highest BCUT2D eigenvalue weighted by Gasteiger charge is 2.12. The quantitative estimate of drug-likeness (QED) is 0.625. The van der Waals surface area contributed by atoms with Crippen molar-refractivity contribution in [3.63, 3.8) is 0 Å². The molecule has 3 aromatic rings. The molecule has 0 aliphatic rings. The van der Waals surface area contributed by atoms with Crippen LogP contribution in [0, 0.1) is 20.8 Å². The number of aryl methyl sites for hydroxylation is 2. The van der Waals surface area contributed by atoms with Crippen LogP contribution in [0.25, 0.3) is 11.1 Å². The Balaban J connectivity index is 1.91. The van der Waals surface area contributed by atoms with Crippen molar-refractivity contribution >= 4 is 5.69 Å². The van der Waals surface area contributed by atoms with Crippen molar-refractivity contribution < 1.29 is 4.74 Å². The number of hydrogen-bond donors (Lipinski definition) is 0. The lowest BCUT2D eigenvalue weighted by atomic mass is 10.0. The molecule has 0 unspecified atom stereocenters. The molecule has 1 heterocycles. The Labute approximate surface area is 156 Å². The highest BCUT2D eigenvalue weighted by molar-refractivity contribution is 5.69. The zero-order valence-corrected chi connectivity index (χ0v) is 16.2. The molecule has 26 heavy (non-hydrogen) atoms. The highest BCUT2D eigenvalue weighted by atomic mass is 16.5. The van der Waals surface area contributed by atoms with E-state index in [4.69, 9.17) is 4.74 Å². The summed E-state index contributed by atoms with van der Waals surface area (Å²) < 4.78 is 5.54. The molecule has 0 bridgehead atoms. The number of ether oxygens (including phenoxy) is 1. The number of benzene rings is 2. The average molecular weight is 346 g/mol. The van der Waals surface area contributed by atoms with Gasteiger partial charge in [-0.3, -0.25) is 4.98 Å². The van der Waals surface area contributed by atoms with Crippen LogP contribution < -0.4 is 9.64 Å². The molecule has 0 fully saturated rings. The molecule has 0 saturated carbocycles. The van der Waals surface area contributed by atoms with Gasteiger partial charge in [0.15, 0.2) is 0 Å². The maximum atomic E-state index is 5.54. The average Bonchev–Trinajstić information content (AvgIpc) is 2.64. The molecule has 3 rings (SSSR count). The topological polar surface area (TPSA) is 25.4 Å². The summed E-state index contributed by atoms with van der Waals surface area (Å²) in [5, 5.41) is 0. The summed E-state index contributed by atoms with van der Waals surface area (Å²) >= 11 is 0. The molecule has 2 aromatic carbocycles. The summed E-state index contributed by atoms with van der Waals surface area (Å²) in [6.07, 6.45) is 1.89. The second-order valence-electron chi connectivity index (χ2n) is 6.83. The summed E-state index contributed by atoms with van der Waals surface area (Å²) in [6, 6.07) is 17.2. The Hall–Kier alpha value is -2.81. The molecule has 0 radical (unpaired) electrons. The summed E-state index contributed by atoms with van der Waals surface area (Å²) in [5.74, 6) is 0.928. The molecule has 0 atom stereocenters. The molecule has 0 aliphatic carbocycles. The van der Waals surface area contributed by atoms with Crippen LogP contribution in [0.5, 0.6) is 5.75 Å². The van der Waals surface area contributed by atoms with Crippen molar-refractivity contribution in [3.05, 3.63) is 77.1 Å². The minimum Gasteiger partial charge on any atom is -0.496 e. The van der Waals surface area contributed by atoms with E-state index in [1.807, 2.05) is 19.2 Å². The molecule has 0 N–H and O–H groups in total. The molecule has 0 saturated heterocycles. The van der Waals surface area contributed by atoms with Crippen LogP contribution in [-0.2, 0) is 6.54 Å². The van der Waals surface area contributed by atoms with Crippen LogP contribution >= 0.6 is 0 Å². The van der Waals surface area contributed by atoms with Crippen molar-refractivity contribution in [3.8, 4) is 16.9 Å². The van der Waals surface area contributed by atoms with Gasteiger partial charge >= 0.3 is 0 Å². The Bertz CT molecular complexity index is 904. The minimum absolute atomic E-state index is 0.736. The molecule has 0 aliphatic heterocycles. The first-order valence-electron chi connectivity index (χ1n) is 8.87. The molecule has 134 valence electrons. The fraction of sp³-hybridized carbons (Fsp3) is 0.261. The van der Waals surface area contributed by atoms with Crippen molar-refractivity contribution in [2.75, 3.05) is 19.1 Å². The van der Waals surface area contributed by atoms with Gasteiger partial charge in [0.2, 0.25) is 0 Å². The molecular formula is C23H26N2O. The van der Waals surface area contributed by atoms with Gasteiger partial charge in [0, 0.05) is 30.1 Å². The highest BCUT2D eigenvalue weighted by Crippen LogP contribution is 2.29. The zero-order chi connectivity index (χ0) is 18.7. The third-order valence-corrected chi connectivity index (χ3v) is 4.75. The van der Waals surface area contributed by atoms with E-state index in [0.29, 0.717) is 0 Å². The SMILES string of the molecule is COc1c(C)cnc(CN(C)c2cc(C)cc(-c3ccccc3)c2)c1C. The second kappa shape index (κ2) is 7.61. The Kier molecular flexibility index (Phi) is 5.27. The standard InChI is InChI=1S/C23H26N2O/c1-16-11-20(19-9-7-6-8-10-19)13-21(12-16)25(4)15-22-18(3)23(26-5)17(2)14-24-22/h6-14H,15H2,1-5H3. The van der Waals surface area contributed by atoms with Crippen LogP contribution in [0.3, 0.4) is 0 Å². The van der Waals surface area contributed by atoms with E-state index < -0.39 is 0 Å². The predicted octanol–water partition coefficient (Wildman–Crippen LogP) is 5.32. The molecule has 1 aromatic heterocycles. The summed E-state index contributed by atoms with van der Waals surface area (Å²) in [6.45, 7) is 6.98. The fourth-order valence-electron chi connectivity index (χ4n) is 3.33. The number of pyridine rings is 1. The molecular weight excluding hydrogens is 320 g/mol. The van der Waals surface area contributed by atoms with E-state index in [-0.39, 0.29) is 0 Å². The van der Waals surface area contributed by atoms with Gasteiger partial charge in [-0.2, -0.15) is 0 Å². The normalized spacial score (nSPS) is 10.7. The first-order chi connectivity index (χ1) is 12.5. The number of methoxy groups -OCH3 is 1. The Morgan fingerprint density at radius 1 is 0.962 bits per heavy atom. The Morgan fingerprint density at radius 3 is 2.38 bits per heavy atom. The largest absolute Gasteiger partial charge is 0.496 e. The van der Waals surface area contributed by atoms with Gasteiger partial charge in [-0.15, -0.1) is 0 Å². The molecule has 3 nitrogen and oxygen atoms in total. The molecule has 0 spiro atoms. The van der Waals surface area contributed by atoms with Crippen LogP contribution in [0.2, 0.25) is 0 Å². The minimum atomic E-state index is 0.736. The third kappa shape index (κ3) is 3.72. The Morgan fingerprint density at radius 2 is 1.69 bits per heavy atom. The maximum Gasteiger partial charge on any atom is 0.128 e. The first kappa shape index (κ1) is 18.0.